The van der Waals surface area contributed by atoms with Crippen molar-refractivity contribution in [2.24, 2.45) is 0 Å². The van der Waals surface area contributed by atoms with Gasteiger partial charge < -0.3 is 9.84 Å². The van der Waals surface area contributed by atoms with Crippen LogP contribution in [0.1, 0.15) is 15.9 Å². The highest BCUT2D eigenvalue weighted by molar-refractivity contribution is 5.86. The SMILES string of the molecule is COc1ccc(C=CC(=O)O)cc1C=O. The molecule has 0 spiro atoms. The molecule has 15 heavy (non-hydrogen) atoms. The third-order valence-electron chi connectivity index (χ3n) is 1.80. The maximum Gasteiger partial charge on any atom is 0.328 e. The lowest BCUT2D eigenvalue weighted by Gasteiger charge is -2.03. The van der Waals surface area contributed by atoms with Crippen LogP contribution >= 0.6 is 0 Å². The molecule has 0 aliphatic carbocycles. The Morgan fingerprint density at radius 3 is 2.73 bits per heavy atom. The van der Waals surface area contributed by atoms with Crippen molar-refractivity contribution in [3.8, 4) is 5.75 Å². The zero-order valence-electron chi connectivity index (χ0n) is 8.14. The van der Waals surface area contributed by atoms with Gasteiger partial charge in [0.25, 0.3) is 0 Å². The first-order chi connectivity index (χ1) is 7.17. The lowest BCUT2D eigenvalue weighted by Crippen LogP contribution is -1.91. The van der Waals surface area contributed by atoms with Gasteiger partial charge in [0.1, 0.15) is 5.75 Å². The predicted octanol–water partition coefficient (Wildman–Crippen LogP) is 1.61. The Morgan fingerprint density at radius 2 is 2.20 bits per heavy atom. The van der Waals surface area contributed by atoms with Crippen LogP contribution in [-0.2, 0) is 4.79 Å². The molecule has 4 heteroatoms. The summed E-state index contributed by atoms with van der Waals surface area (Å²) in [7, 11) is 1.47. The first-order valence-electron chi connectivity index (χ1n) is 4.21. The highest BCUT2D eigenvalue weighted by Crippen LogP contribution is 2.18. The van der Waals surface area contributed by atoms with Crippen LogP contribution in [0.25, 0.3) is 6.08 Å². The third-order valence-corrected chi connectivity index (χ3v) is 1.80. The molecule has 0 fully saturated rings. The topological polar surface area (TPSA) is 63.6 Å². The molecular formula is C11H10O4. The van der Waals surface area contributed by atoms with Crippen molar-refractivity contribution in [2.75, 3.05) is 7.11 Å². The van der Waals surface area contributed by atoms with Crippen molar-refractivity contribution in [1.29, 1.82) is 0 Å². The Balaban J connectivity index is 3.03. The Bertz CT molecular complexity index is 407. The lowest BCUT2D eigenvalue weighted by molar-refractivity contribution is -0.131. The van der Waals surface area contributed by atoms with Crippen molar-refractivity contribution < 1.29 is 19.4 Å². The van der Waals surface area contributed by atoms with Crippen LogP contribution in [-0.4, -0.2) is 24.5 Å². The zero-order valence-corrected chi connectivity index (χ0v) is 8.14. The van der Waals surface area contributed by atoms with E-state index in [2.05, 4.69) is 0 Å². The van der Waals surface area contributed by atoms with Gasteiger partial charge in [-0.2, -0.15) is 0 Å². The summed E-state index contributed by atoms with van der Waals surface area (Å²) in [5.74, 6) is -0.559. The number of hydrogen-bond donors (Lipinski definition) is 1. The average molecular weight is 206 g/mol. The summed E-state index contributed by atoms with van der Waals surface area (Å²) in [5.41, 5.74) is 1.03. The zero-order chi connectivity index (χ0) is 11.3. The van der Waals surface area contributed by atoms with Crippen molar-refractivity contribution in [1.82, 2.24) is 0 Å². The molecule has 78 valence electrons. The average Bonchev–Trinajstić information content (AvgIpc) is 2.25. The quantitative estimate of drug-likeness (QED) is 0.600. The summed E-state index contributed by atoms with van der Waals surface area (Å²) >= 11 is 0. The standard InChI is InChI=1S/C11H10O4/c1-15-10-4-2-8(3-5-11(13)14)6-9(10)7-12/h2-7H,1H3,(H,13,14). The molecule has 1 aromatic carbocycles. The molecule has 1 rings (SSSR count). The number of carboxylic acids is 1. The number of methoxy groups -OCH3 is 1. The summed E-state index contributed by atoms with van der Waals surface area (Å²) in [4.78, 5) is 20.9. The van der Waals surface area contributed by atoms with E-state index in [0.29, 0.717) is 23.2 Å². The van der Waals surface area contributed by atoms with E-state index in [0.717, 1.165) is 6.08 Å². The summed E-state index contributed by atoms with van der Waals surface area (Å²) in [6.07, 6.45) is 3.09. The molecule has 1 N–H and O–H groups in total. The molecule has 0 atom stereocenters. The molecule has 0 aromatic heterocycles. The molecule has 4 nitrogen and oxygen atoms in total. The van der Waals surface area contributed by atoms with E-state index in [9.17, 15) is 9.59 Å². The number of benzene rings is 1. The number of hydrogen-bond acceptors (Lipinski definition) is 3. The number of aliphatic carboxylic acids is 1. The molecule has 0 saturated heterocycles. The van der Waals surface area contributed by atoms with Crippen LogP contribution < -0.4 is 4.74 Å². The molecule has 0 aliphatic heterocycles. The van der Waals surface area contributed by atoms with Crippen LogP contribution in [0.3, 0.4) is 0 Å². The molecule has 0 saturated carbocycles. The molecule has 0 amide bonds. The highest BCUT2D eigenvalue weighted by Gasteiger charge is 2.01. The third kappa shape index (κ3) is 2.95. The van der Waals surface area contributed by atoms with Crippen molar-refractivity contribution in [2.45, 2.75) is 0 Å². The summed E-state index contributed by atoms with van der Waals surface area (Å²) in [6, 6.07) is 4.85. The van der Waals surface area contributed by atoms with Gasteiger partial charge in [-0.3, -0.25) is 4.79 Å². The Hall–Kier alpha value is -2.10. The number of ether oxygens (including phenoxy) is 1. The van der Waals surface area contributed by atoms with Crippen LogP contribution in [0.5, 0.6) is 5.75 Å². The van der Waals surface area contributed by atoms with Gasteiger partial charge in [0.2, 0.25) is 0 Å². The highest BCUT2D eigenvalue weighted by atomic mass is 16.5. The molecule has 0 aliphatic rings. The summed E-state index contributed by atoms with van der Waals surface area (Å²) in [6.45, 7) is 0. The Morgan fingerprint density at radius 1 is 1.47 bits per heavy atom. The van der Waals surface area contributed by atoms with Gasteiger partial charge in [0.15, 0.2) is 6.29 Å². The van der Waals surface area contributed by atoms with E-state index in [-0.39, 0.29) is 0 Å². The van der Waals surface area contributed by atoms with Crippen LogP contribution in [0.4, 0.5) is 0 Å². The van der Waals surface area contributed by atoms with Gasteiger partial charge in [0, 0.05) is 6.08 Å². The van der Waals surface area contributed by atoms with Crippen molar-refractivity contribution in [3.05, 3.63) is 35.4 Å². The largest absolute Gasteiger partial charge is 0.496 e. The normalized spacial score (nSPS) is 10.2. The molecule has 0 unspecified atom stereocenters. The van der Waals surface area contributed by atoms with Gasteiger partial charge in [-0.25, -0.2) is 4.79 Å². The second-order valence-electron chi connectivity index (χ2n) is 2.79. The second kappa shape index (κ2) is 4.95. The van der Waals surface area contributed by atoms with Gasteiger partial charge in [0.05, 0.1) is 12.7 Å². The number of carbonyl (C=O) groups excluding carboxylic acids is 1. The van der Waals surface area contributed by atoms with Gasteiger partial charge in [-0.15, -0.1) is 0 Å². The van der Waals surface area contributed by atoms with Crippen LogP contribution in [0.15, 0.2) is 24.3 Å². The fraction of sp³-hybridized carbons (Fsp3) is 0.0909. The minimum Gasteiger partial charge on any atom is -0.496 e. The Labute approximate surface area is 86.8 Å². The minimum absolute atomic E-state index is 0.394. The lowest BCUT2D eigenvalue weighted by atomic mass is 10.1. The van der Waals surface area contributed by atoms with E-state index in [1.807, 2.05) is 0 Å². The Kier molecular flexibility index (Phi) is 3.62. The summed E-state index contributed by atoms with van der Waals surface area (Å²) in [5, 5.41) is 8.42. The molecule has 0 heterocycles. The van der Waals surface area contributed by atoms with E-state index in [1.165, 1.54) is 13.2 Å². The number of aldehydes is 1. The van der Waals surface area contributed by atoms with E-state index >= 15 is 0 Å². The number of carboxylic acid groups (broad SMARTS) is 1. The summed E-state index contributed by atoms with van der Waals surface area (Å²) < 4.78 is 4.95. The minimum atomic E-state index is -1.03. The predicted molar refractivity (Wildman–Crippen MR) is 55.1 cm³/mol. The fourth-order valence-electron chi connectivity index (χ4n) is 1.12. The smallest absolute Gasteiger partial charge is 0.328 e. The van der Waals surface area contributed by atoms with Crippen molar-refractivity contribution in [3.63, 3.8) is 0 Å². The number of carbonyl (C=O) groups is 2. The maximum atomic E-state index is 10.7. The van der Waals surface area contributed by atoms with E-state index in [4.69, 9.17) is 9.84 Å². The van der Waals surface area contributed by atoms with Crippen LogP contribution in [0, 0.1) is 0 Å². The van der Waals surface area contributed by atoms with Crippen LogP contribution in [0.2, 0.25) is 0 Å². The van der Waals surface area contributed by atoms with Crippen molar-refractivity contribution >= 4 is 18.3 Å². The van der Waals surface area contributed by atoms with E-state index < -0.39 is 5.97 Å². The van der Waals surface area contributed by atoms with Gasteiger partial charge >= 0.3 is 5.97 Å². The second-order valence-corrected chi connectivity index (χ2v) is 2.79. The molecular weight excluding hydrogens is 196 g/mol. The van der Waals surface area contributed by atoms with Gasteiger partial charge in [-0.05, 0) is 23.8 Å². The maximum absolute atomic E-state index is 10.7. The number of rotatable bonds is 4. The monoisotopic (exact) mass is 206 g/mol. The molecule has 0 radical (unpaired) electrons. The molecule has 0 bridgehead atoms. The first-order valence-corrected chi connectivity index (χ1v) is 4.21. The molecule has 1 aromatic rings. The van der Waals surface area contributed by atoms with E-state index in [1.54, 1.807) is 18.2 Å². The fourth-order valence-corrected chi connectivity index (χ4v) is 1.12. The van der Waals surface area contributed by atoms with Gasteiger partial charge in [-0.1, -0.05) is 6.07 Å². The first kappa shape index (κ1) is 11.0.